The van der Waals surface area contributed by atoms with Crippen LogP contribution in [0.25, 0.3) is 6.08 Å². The average molecular weight is 493 g/mol. The standard InChI is InChI=1S/C20H17BrN2O8/c1-10(24)30-17-13(21)6-11(8-16(17)28-2)7-14-18(25)23(20(27)22-14)9-12-4-5-15(31-12)19(26)29-3/h4-8H,9H2,1-3H3,(H,22,27)/b14-7-. The zero-order valence-corrected chi connectivity index (χ0v) is 18.3. The zero-order chi connectivity index (χ0) is 22.7. The van der Waals surface area contributed by atoms with Gasteiger partial charge in [0, 0.05) is 6.92 Å². The molecule has 1 aliphatic heterocycles. The van der Waals surface area contributed by atoms with Gasteiger partial charge in [0.25, 0.3) is 5.91 Å². The van der Waals surface area contributed by atoms with E-state index in [0.29, 0.717) is 10.0 Å². The van der Waals surface area contributed by atoms with Crippen molar-refractivity contribution in [3.8, 4) is 11.5 Å². The number of ether oxygens (including phenoxy) is 3. The van der Waals surface area contributed by atoms with Gasteiger partial charge in [-0.05, 0) is 51.8 Å². The molecule has 0 radical (unpaired) electrons. The lowest BCUT2D eigenvalue weighted by molar-refractivity contribution is -0.132. The lowest BCUT2D eigenvalue weighted by Gasteiger charge is -2.11. The van der Waals surface area contributed by atoms with E-state index in [1.807, 2.05) is 0 Å². The fourth-order valence-corrected chi connectivity index (χ4v) is 3.32. The molecular weight excluding hydrogens is 476 g/mol. The van der Waals surface area contributed by atoms with Gasteiger partial charge in [-0.25, -0.2) is 9.59 Å². The average Bonchev–Trinajstić information content (AvgIpc) is 3.29. The first-order chi connectivity index (χ1) is 14.7. The molecule has 0 saturated carbocycles. The maximum absolute atomic E-state index is 12.7. The zero-order valence-electron chi connectivity index (χ0n) is 16.7. The Morgan fingerprint density at radius 2 is 1.97 bits per heavy atom. The second kappa shape index (κ2) is 9.04. The third-order valence-corrected chi connectivity index (χ3v) is 4.72. The molecule has 2 heterocycles. The van der Waals surface area contributed by atoms with Crippen molar-refractivity contribution in [1.29, 1.82) is 0 Å². The molecule has 0 spiro atoms. The van der Waals surface area contributed by atoms with Crippen molar-refractivity contribution in [2.24, 2.45) is 0 Å². The van der Waals surface area contributed by atoms with Crippen molar-refractivity contribution < 1.29 is 37.8 Å². The highest BCUT2D eigenvalue weighted by Gasteiger charge is 2.34. The van der Waals surface area contributed by atoms with E-state index in [1.54, 1.807) is 12.1 Å². The van der Waals surface area contributed by atoms with Gasteiger partial charge < -0.3 is 23.9 Å². The molecule has 10 nitrogen and oxygen atoms in total. The number of imide groups is 1. The number of amides is 3. The molecule has 0 unspecified atom stereocenters. The molecule has 2 aromatic rings. The van der Waals surface area contributed by atoms with Crippen LogP contribution in [-0.2, 0) is 20.9 Å². The van der Waals surface area contributed by atoms with Gasteiger partial charge in [0.2, 0.25) is 5.76 Å². The highest BCUT2D eigenvalue weighted by atomic mass is 79.9. The quantitative estimate of drug-likeness (QED) is 0.282. The van der Waals surface area contributed by atoms with Gasteiger partial charge in [0.15, 0.2) is 11.5 Å². The van der Waals surface area contributed by atoms with Crippen LogP contribution in [0.1, 0.15) is 28.8 Å². The van der Waals surface area contributed by atoms with E-state index < -0.39 is 23.9 Å². The van der Waals surface area contributed by atoms with Crippen LogP contribution in [0.5, 0.6) is 11.5 Å². The van der Waals surface area contributed by atoms with E-state index in [-0.39, 0.29) is 35.3 Å². The second-order valence-corrected chi connectivity index (χ2v) is 7.12. The number of nitrogens with one attached hydrogen (secondary N) is 1. The number of hydrogen-bond acceptors (Lipinski definition) is 8. The lowest BCUT2D eigenvalue weighted by atomic mass is 10.1. The Labute approximate surface area is 184 Å². The summed E-state index contributed by atoms with van der Waals surface area (Å²) in [6.45, 7) is 1.09. The predicted molar refractivity (Wildman–Crippen MR) is 109 cm³/mol. The number of benzene rings is 1. The lowest BCUT2D eigenvalue weighted by Crippen LogP contribution is -2.30. The van der Waals surface area contributed by atoms with Crippen molar-refractivity contribution in [1.82, 2.24) is 10.2 Å². The van der Waals surface area contributed by atoms with E-state index in [9.17, 15) is 19.2 Å². The van der Waals surface area contributed by atoms with Gasteiger partial charge in [0.1, 0.15) is 11.5 Å². The molecule has 11 heteroatoms. The number of hydrogen-bond donors (Lipinski definition) is 1. The first-order valence-electron chi connectivity index (χ1n) is 8.81. The van der Waals surface area contributed by atoms with Gasteiger partial charge in [-0.15, -0.1) is 0 Å². The molecule has 3 rings (SSSR count). The van der Waals surface area contributed by atoms with Gasteiger partial charge in [-0.2, -0.15) is 0 Å². The highest BCUT2D eigenvalue weighted by molar-refractivity contribution is 9.10. The van der Waals surface area contributed by atoms with Crippen molar-refractivity contribution in [2.45, 2.75) is 13.5 Å². The van der Waals surface area contributed by atoms with Crippen LogP contribution in [0.15, 0.2) is 38.9 Å². The largest absolute Gasteiger partial charge is 0.493 e. The van der Waals surface area contributed by atoms with Crippen LogP contribution in [0, 0.1) is 0 Å². The third-order valence-electron chi connectivity index (χ3n) is 4.13. The summed E-state index contributed by atoms with van der Waals surface area (Å²) in [6.07, 6.45) is 1.45. The van der Waals surface area contributed by atoms with Crippen LogP contribution in [0.2, 0.25) is 0 Å². The number of carbonyl (C=O) groups is 4. The Balaban J connectivity index is 1.83. The molecule has 1 aromatic heterocycles. The van der Waals surface area contributed by atoms with Gasteiger partial charge >= 0.3 is 18.0 Å². The fraction of sp³-hybridized carbons (Fsp3) is 0.200. The Bertz CT molecular complexity index is 1100. The van der Waals surface area contributed by atoms with Crippen LogP contribution in [-0.4, -0.2) is 43.0 Å². The number of nitrogens with zero attached hydrogens (tertiary/aromatic N) is 1. The Hall–Kier alpha value is -3.60. The van der Waals surface area contributed by atoms with E-state index in [0.717, 1.165) is 4.90 Å². The van der Waals surface area contributed by atoms with Crippen molar-refractivity contribution in [3.63, 3.8) is 0 Å². The van der Waals surface area contributed by atoms with Crippen LogP contribution in [0.3, 0.4) is 0 Å². The van der Waals surface area contributed by atoms with Crippen LogP contribution >= 0.6 is 15.9 Å². The minimum absolute atomic E-state index is 0.0268. The summed E-state index contributed by atoms with van der Waals surface area (Å²) in [6, 6.07) is 5.38. The summed E-state index contributed by atoms with van der Waals surface area (Å²) >= 11 is 3.30. The summed E-state index contributed by atoms with van der Waals surface area (Å²) in [5.74, 6) is -1.12. The van der Waals surface area contributed by atoms with Crippen molar-refractivity contribution >= 4 is 45.9 Å². The summed E-state index contributed by atoms with van der Waals surface area (Å²) in [5.41, 5.74) is 0.537. The van der Waals surface area contributed by atoms with E-state index in [4.69, 9.17) is 13.9 Å². The van der Waals surface area contributed by atoms with Crippen molar-refractivity contribution in [3.05, 3.63) is 51.5 Å². The topological polar surface area (TPSA) is 124 Å². The number of rotatable bonds is 6. The highest BCUT2D eigenvalue weighted by Crippen LogP contribution is 2.37. The van der Waals surface area contributed by atoms with Gasteiger partial charge in [0.05, 0.1) is 25.2 Å². The molecule has 1 aromatic carbocycles. The molecule has 31 heavy (non-hydrogen) atoms. The maximum Gasteiger partial charge on any atom is 0.373 e. The van der Waals surface area contributed by atoms with Gasteiger partial charge in [-0.1, -0.05) is 0 Å². The molecule has 1 aliphatic rings. The van der Waals surface area contributed by atoms with Crippen LogP contribution < -0.4 is 14.8 Å². The Morgan fingerprint density at radius 3 is 2.61 bits per heavy atom. The predicted octanol–water partition coefficient (Wildman–Crippen LogP) is 2.86. The normalized spacial score (nSPS) is 14.6. The molecule has 1 fully saturated rings. The smallest absolute Gasteiger partial charge is 0.373 e. The fourth-order valence-electron chi connectivity index (χ4n) is 2.78. The Kier molecular flexibility index (Phi) is 6.44. The molecule has 0 atom stereocenters. The first kappa shape index (κ1) is 22.1. The number of urea groups is 1. The third kappa shape index (κ3) is 4.77. The maximum atomic E-state index is 12.7. The summed E-state index contributed by atoms with van der Waals surface area (Å²) < 4.78 is 20.7. The molecule has 162 valence electrons. The number of halogens is 1. The van der Waals surface area contributed by atoms with E-state index in [1.165, 1.54) is 39.4 Å². The number of esters is 2. The summed E-state index contributed by atoms with van der Waals surface area (Å²) in [4.78, 5) is 48.7. The minimum Gasteiger partial charge on any atom is -0.493 e. The summed E-state index contributed by atoms with van der Waals surface area (Å²) in [5, 5.41) is 2.49. The van der Waals surface area contributed by atoms with Gasteiger partial charge in [-0.3, -0.25) is 14.5 Å². The number of carbonyl (C=O) groups excluding carboxylic acids is 4. The molecule has 0 aliphatic carbocycles. The minimum atomic E-state index is -0.666. The first-order valence-corrected chi connectivity index (χ1v) is 9.60. The van der Waals surface area contributed by atoms with E-state index in [2.05, 4.69) is 26.0 Å². The molecule has 1 N–H and O–H groups in total. The molecule has 3 amide bonds. The van der Waals surface area contributed by atoms with Crippen LogP contribution in [0.4, 0.5) is 4.79 Å². The monoisotopic (exact) mass is 492 g/mol. The van der Waals surface area contributed by atoms with Crippen molar-refractivity contribution in [2.75, 3.05) is 14.2 Å². The molecule has 1 saturated heterocycles. The number of methoxy groups -OCH3 is 2. The SMILES string of the molecule is COC(=O)c1ccc(CN2C(=O)N/C(=C\c3cc(Br)c(OC(C)=O)c(OC)c3)C2=O)o1. The van der Waals surface area contributed by atoms with E-state index >= 15 is 0 Å². The second-order valence-electron chi connectivity index (χ2n) is 6.26. The molecular formula is C20H17BrN2O8. The Morgan fingerprint density at radius 1 is 1.23 bits per heavy atom. The summed E-state index contributed by atoms with van der Waals surface area (Å²) in [7, 11) is 2.62. The molecule has 0 bridgehead atoms. The number of furan rings is 1.